The number of hydrogen-bond acceptors (Lipinski definition) is 3. The fourth-order valence-electron chi connectivity index (χ4n) is 2.02. The summed E-state index contributed by atoms with van der Waals surface area (Å²) in [5.41, 5.74) is 2.83. The van der Waals surface area contributed by atoms with Crippen LogP contribution in [0.25, 0.3) is 0 Å². The van der Waals surface area contributed by atoms with Gasteiger partial charge in [0.1, 0.15) is 12.4 Å². The minimum Gasteiger partial charge on any atom is -0.487 e. The first kappa shape index (κ1) is 15.1. The highest BCUT2D eigenvalue weighted by molar-refractivity contribution is 9.10. The average molecular weight is 339 g/mol. The van der Waals surface area contributed by atoms with Crippen molar-refractivity contribution in [3.8, 4) is 5.75 Å². The summed E-state index contributed by atoms with van der Waals surface area (Å²) >= 11 is 3.55. The molecule has 0 amide bonds. The highest BCUT2D eigenvalue weighted by Crippen LogP contribution is 2.24. The molecule has 0 aliphatic carbocycles. The molecule has 4 nitrogen and oxygen atoms in total. The van der Waals surface area contributed by atoms with Crippen molar-refractivity contribution in [1.82, 2.24) is 9.78 Å². The average Bonchev–Trinajstić information content (AvgIpc) is 2.72. The van der Waals surface area contributed by atoms with Gasteiger partial charge in [-0.15, -0.1) is 0 Å². The van der Waals surface area contributed by atoms with Crippen LogP contribution >= 0.6 is 15.9 Å². The lowest BCUT2D eigenvalue weighted by Gasteiger charge is -2.11. The van der Waals surface area contributed by atoms with Gasteiger partial charge in [-0.25, -0.2) is 0 Å². The summed E-state index contributed by atoms with van der Waals surface area (Å²) in [4.78, 5) is 0. The molecule has 0 fully saturated rings. The Bertz CT molecular complexity index is 594. The Hall–Kier alpha value is -1.33. The first-order valence-electron chi connectivity index (χ1n) is 6.65. The summed E-state index contributed by atoms with van der Waals surface area (Å²) in [5.74, 6) is 0.747. The molecule has 1 aromatic carbocycles. The predicted octanol–water partition coefficient (Wildman–Crippen LogP) is 3.61. The zero-order valence-electron chi connectivity index (χ0n) is 11.9. The number of halogens is 1. The van der Waals surface area contributed by atoms with Crippen LogP contribution in [0.2, 0.25) is 0 Å². The van der Waals surface area contributed by atoms with E-state index in [1.54, 1.807) is 6.92 Å². The van der Waals surface area contributed by atoms with Gasteiger partial charge in [-0.1, -0.05) is 12.1 Å². The zero-order chi connectivity index (χ0) is 14.7. The number of rotatable bonds is 5. The van der Waals surface area contributed by atoms with Crippen LogP contribution in [0.5, 0.6) is 5.75 Å². The van der Waals surface area contributed by atoms with E-state index in [1.165, 1.54) is 0 Å². The largest absolute Gasteiger partial charge is 0.487 e. The Labute approximate surface area is 127 Å². The molecule has 0 saturated heterocycles. The number of aryl methyl sites for hydroxylation is 2. The van der Waals surface area contributed by atoms with Gasteiger partial charge in [0.25, 0.3) is 0 Å². The van der Waals surface area contributed by atoms with E-state index >= 15 is 0 Å². The lowest BCUT2D eigenvalue weighted by atomic mass is 10.1. The molecule has 108 valence electrons. The van der Waals surface area contributed by atoms with Gasteiger partial charge in [-0.2, -0.15) is 5.10 Å². The molecule has 0 bridgehead atoms. The van der Waals surface area contributed by atoms with Crippen molar-refractivity contribution in [2.75, 3.05) is 0 Å². The first-order valence-corrected chi connectivity index (χ1v) is 7.44. The van der Waals surface area contributed by atoms with E-state index in [-0.39, 0.29) is 0 Å². The summed E-state index contributed by atoms with van der Waals surface area (Å²) in [6.07, 6.45) is -0.492. The van der Waals surface area contributed by atoms with E-state index < -0.39 is 6.10 Å². The molecular formula is C15H19BrN2O2. The molecule has 0 radical (unpaired) electrons. The molecule has 1 atom stereocenters. The Kier molecular flexibility index (Phi) is 4.83. The maximum Gasteiger partial charge on any atom is 0.131 e. The molecule has 0 spiro atoms. The van der Waals surface area contributed by atoms with Crippen molar-refractivity contribution < 1.29 is 9.84 Å². The molecule has 0 saturated carbocycles. The number of aliphatic hydroxyl groups excluding tert-OH is 1. The van der Waals surface area contributed by atoms with Crippen LogP contribution < -0.4 is 4.74 Å². The minimum atomic E-state index is -0.492. The summed E-state index contributed by atoms with van der Waals surface area (Å²) in [7, 11) is 0. The third-order valence-corrected chi connectivity index (χ3v) is 4.20. The van der Waals surface area contributed by atoms with E-state index in [1.807, 2.05) is 35.9 Å². The topological polar surface area (TPSA) is 47.3 Å². The number of ether oxygens (including phenoxy) is 1. The normalized spacial score (nSPS) is 12.4. The van der Waals surface area contributed by atoms with Crippen LogP contribution in [0.3, 0.4) is 0 Å². The van der Waals surface area contributed by atoms with Crippen molar-refractivity contribution in [3.63, 3.8) is 0 Å². The quantitative estimate of drug-likeness (QED) is 0.905. The molecule has 0 aliphatic rings. The molecule has 1 heterocycles. The van der Waals surface area contributed by atoms with Crippen LogP contribution in [-0.4, -0.2) is 14.9 Å². The van der Waals surface area contributed by atoms with Crippen molar-refractivity contribution in [2.45, 2.75) is 40.0 Å². The second-order valence-corrected chi connectivity index (χ2v) is 5.49. The van der Waals surface area contributed by atoms with E-state index in [2.05, 4.69) is 28.0 Å². The molecule has 0 aliphatic heterocycles. The lowest BCUT2D eigenvalue weighted by Crippen LogP contribution is -2.06. The Balaban J connectivity index is 2.15. The molecule has 1 N–H and O–H groups in total. The van der Waals surface area contributed by atoms with Crippen LogP contribution in [0.1, 0.15) is 36.9 Å². The van der Waals surface area contributed by atoms with Gasteiger partial charge in [-0.05, 0) is 54.4 Å². The standard InChI is InChI=1S/C15H19BrN2O2/c1-4-18-14(15(16)10(2)17-18)9-20-13-7-5-6-12(8-13)11(3)19/h5-8,11,19H,4,9H2,1-3H3. The number of benzene rings is 1. The molecule has 2 aromatic rings. The van der Waals surface area contributed by atoms with Crippen molar-refractivity contribution >= 4 is 15.9 Å². The first-order chi connectivity index (χ1) is 9.52. The summed E-state index contributed by atoms with van der Waals surface area (Å²) in [6.45, 7) is 7.01. The van der Waals surface area contributed by atoms with Gasteiger partial charge in [-0.3, -0.25) is 4.68 Å². The van der Waals surface area contributed by atoms with Gasteiger partial charge in [0.05, 0.1) is 22.0 Å². The molecule has 20 heavy (non-hydrogen) atoms. The van der Waals surface area contributed by atoms with Crippen LogP contribution in [-0.2, 0) is 13.2 Å². The highest BCUT2D eigenvalue weighted by Gasteiger charge is 2.12. The molecular weight excluding hydrogens is 320 g/mol. The Morgan fingerprint density at radius 2 is 2.20 bits per heavy atom. The smallest absolute Gasteiger partial charge is 0.131 e. The van der Waals surface area contributed by atoms with E-state index in [9.17, 15) is 5.11 Å². The third kappa shape index (κ3) is 3.22. The van der Waals surface area contributed by atoms with Gasteiger partial charge < -0.3 is 9.84 Å². The number of nitrogens with zero attached hydrogens (tertiary/aromatic N) is 2. The third-order valence-electron chi connectivity index (χ3n) is 3.17. The monoisotopic (exact) mass is 338 g/mol. The van der Waals surface area contributed by atoms with Crippen molar-refractivity contribution in [1.29, 1.82) is 0 Å². The second kappa shape index (κ2) is 6.41. The summed E-state index contributed by atoms with van der Waals surface area (Å²) in [6, 6.07) is 7.51. The lowest BCUT2D eigenvalue weighted by molar-refractivity contribution is 0.198. The predicted molar refractivity (Wildman–Crippen MR) is 81.7 cm³/mol. The van der Waals surface area contributed by atoms with E-state index in [0.717, 1.165) is 33.7 Å². The van der Waals surface area contributed by atoms with Crippen molar-refractivity contribution in [2.24, 2.45) is 0 Å². The molecule has 1 aromatic heterocycles. The molecule has 5 heteroatoms. The molecule has 2 rings (SSSR count). The van der Waals surface area contributed by atoms with Crippen LogP contribution in [0.15, 0.2) is 28.7 Å². The van der Waals surface area contributed by atoms with Crippen LogP contribution in [0.4, 0.5) is 0 Å². The van der Waals surface area contributed by atoms with Gasteiger partial charge in [0.2, 0.25) is 0 Å². The Morgan fingerprint density at radius 3 is 2.85 bits per heavy atom. The Morgan fingerprint density at radius 1 is 1.45 bits per heavy atom. The zero-order valence-corrected chi connectivity index (χ0v) is 13.5. The van der Waals surface area contributed by atoms with Gasteiger partial charge in [0, 0.05) is 6.54 Å². The SMILES string of the molecule is CCn1nc(C)c(Br)c1COc1cccc(C(C)O)c1. The maximum absolute atomic E-state index is 9.59. The van der Waals surface area contributed by atoms with E-state index in [4.69, 9.17) is 4.74 Å². The minimum absolute atomic E-state index is 0.443. The van der Waals surface area contributed by atoms with Crippen LogP contribution in [0, 0.1) is 6.92 Å². The summed E-state index contributed by atoms with van der Waals surface area (Å²) in [5, 5.41) is 14.0. The second-order valence-electron chi connectivity index (χ2n) is 4.70. The fraction of sp³-hybridized carbons (Fsp3) is 0.400. The fourth-order valence-corrected chi connectivity index (χ4v) is 2.42. The van der Waals surface area contributed by atoms with Crippen molar-refractivity contribution in [3.05, 3.63) is 45.7 Å². The van der Waals surface area contributed by atoms with Gasteiger partial charge >= 0.3 is 0 Å². The summed E-state index contributed by atoms with van der Waals surface area (Å²) < 4.78 is 8.74. The number of aromatic nitrogens is 2. The number of hydrogen-bond donors (Lipinski definition) is 1. The molecule has 1 unspecified atom stereocenters. The van der Waals surface area contributed by atoms with E-state index in [0.29, 0.717) is 6.61 Å². The van der Waals surface area contributed by atoms with Gasteiger partial charge in [0.15, 0.2) is 0 Å². The highest BCUT2D eigenvalue weighted by atomic mass is 79.9. The maximum atomic E-state index is 9.59. The number of aliphatic hydroxyl groups is 1.